The maximum atomic E-state index is 13.9. The molecule has 0 aromatic heterocycles. The van der Waals surface area contributed by atoms with E-state index in [2.05, 4.69) is 23.3 Å². The fourth-order valence-electron chi connectivity index (χ4n) is 4.49. The molecule has 0 spiro atoms. The highest BCUT2D eigenvalue weighted by atomic mass is 32.1. The molecule has 196 valence electrons. The number of thiol groups is 1. The number of alkyl carbamates (subject to hydrolysis) is 1. The van der Waals surface area contributed by atoms with Crippen LogP contribution in [0, 0.1) is 13.8 Å². The van der Waals surface area contributed by atoms with Crippen LogP contribution in [0.5, 0.6) is 0 Å². The van der Waals surface area contributed by atoms with Crippen molar-refractivity contribution in [3.8, 4) is 0 Å². The molecular formula is C27H43N3O4S. The fraction of sp³-hybridized carbons (Fsp3) is 0.667. The predicted molar refractivity (Wildman–Crippen MR) is 143 cm³/mol. The Bertz CT molecular complexity index is 891. The summed E-state index contributed by atoms with van der Waals surface area (Å²) < 4.78 is 5.35. The Morgan fingerprint density at radius 2 is 1.74 bits per heavy atom. The molecule has 0 bridgehead atoms. The van der Waals surface area contributed by atoms with E-state index < -0.39 is 23.8 Å². The summed E-state index contributed by atoms with van der Waals surface area (Å²) in [4.78, 5) is 41.7. The normalized spacial score (nSPS) is 16.4. The molecule has 1 aliphatic rings. The molecule has 7 nitrogen and oxygen atoms in total. The van der Waals surface area contributed by atoms with Gasteiger partial charge >= 0.3 is 6.09 Å². The third-order valence-electron chi connectivity index (χ3n) is 6.19. The van der Waals surface area contributed by atoms with Gasteiger partial charge in [-0.05, 0) is 72.4 Å². The first kappa shape index (κ1) is 29.0. The predicted octanol–water partition coefficient (Wildman–Crippen LogP) is 4.85. The van der Waals surface area contributed by atoms with Gasteiger partial charge in [0.05, 0.1) is 0 Å². The molecule has 1 saturated carbocycles. The minimum absolute atomic E-state index is 0.0745. The summed E-state index contributed by atoms with van der Waals surface area (Å²) in [7, 11) is 0. The highest BCUT2D eigenvalue weighted by Crippen LogP contribution is 2.29. The fourth-order valence-corrected chi connectivity index (χ4v) is 4.74. The highest BCUT2D eigenvalue weighted by molar-refractivity contribution is 7.80. The second-order valence-corrected chi connectivity index (χ2v) is 11.2. The number of amides is 3. The highest BCUT2D eigenvalue weighted by Gasteiger charge is 2.38. The third-order valence-corrected chi connectivity index (χ3v) is 6.56. The Morgan fingerprint density at radius 3 is 2.29 bits per heavy atom. The first-order valence-electron chi connectivity index (χ1n) is 12.6. The van der Waals surface area contributed by atoms with Crippen LogP contribution in [-0.4, -0.2) is 52.3 Å². The molecule has 0 saturated heterocycles. The molecule has 1 aliphatic carbocycles. The van der Waals surface area contributed by atoms with E-state index in [1.54, 1.807) is 25.7 Å². The molecule has 8 heteroatoms. The van der Waals surface area contributed by atoms with E-state index >= 15 is 0 Å². The Kier molecular flexibility index (Phi) is 10.5. The van der Waals surface area contributed by atoms with Crippen LogP contribution in [0.2, 0.25) is 0 Å². The molecular weight excluding hydrogens is 462 g/mol. The van der Waals surface area contributed by atoms with Crippen molar-refractivity contribution in [2.75, 3.05) is 5.75 Å². The van der Waals surface area contributed by atoms with E-state index in [0.29, 0.717) is 0 Å². The van der Waals surface area contributed by atoms with E-state index in [9.17, 15) is 14.4 Å². The lowest BCUT2D eigenvalue weighted by atomic mass is 9.92. The standard InChI is InChI=1S/C27H43N3O4S/c1-17(2)30(25(32)22(16-35)29-26(33)34-27(5,6)7)23(21-15-18(3)13-14-19(21)4)24(31)28-20-11-9-8-10-12-20/h13-15,17,20,22-23,35H,8-12,16H2,1-7H3,(H,28,31)(H,29,33). The van der Waals surface area contributed by atoms with Crippen molar-refractivity contribution in [3.63, 3.8) is 0 Å². The lowest BCUT2D eigenvalue weighted by molar-refractivity contribution is -0.144. The zero-order valence-corrected chi connectivity index (χ0v) is 23.2. The average Bonchev–Trinajstić information content (AvgIpc) is 2.76. The zero-order valence-electron chi connectivity index (χ0n) is 22.3. The van der Waals surface area contributed by atoms with Crippen LogP contribution in [0.25, 0.3) is 0 Å². The second kappa shape index (κ2) is 12.7. The Hall–Kier alpha value is -2.22. The maximum absolute atomic E-state index is 13.9. The van der Waals surface area contributed by atoms with E-state index in [1.165, 1.54) is 6.42 Å². The summed E-state index contributed by atoms with van der Waals surface area (Å²) in [6.07, 6.45) is 4.56. The lowest BCUT2D eigenvalue weighted by Gasteiger charge is -2.38. The minimum atomic E-state index is -0.939. The number of carbonyl (C=O) groups is 3. The number of nitrogens with one attached hydrogen (secondary N) is 2. The lowest BCUT2D eigenvalue weighted by Crippen LogP contribution is -2.56. The number of carbonyl (C=O) groups excluding carboxylic acids is 3. The summed E-state index contributed by atoms with van der Waals surface area (Å²) in [5.41, 5.74) is 2.03. The van der Waals surface area contributed by atoms with Crippen LogP contribution in [0.3, 0.4) is 0 Å². The largest absolute Gasteiger partial charge is 0.444 e. The van der Waals surface area contributed by atoms with Crippen molar-refractivity contribution < 1.29 is 19.1 Å². The molecule has 0 radical (unpaired) electrons. The minimum Gasteiger partial charge on any atom is -0.444 e. The van der Waals surface area contributed by atoms with E-state index in [0.717, 1.165) is 42.4 Å². The molecule has 2 atom stereocenters. The van der Waals surface area contributed by atoms with Crippen molar-refractivity contribution in [2.45, 2.75) is 110 Å². The van der Waals surface area contributed by atoms with Crippen molar-refractivity contribution >= 4 is 30.5 Å². The first-order chi connectivity index (χ1) is 16.3. The van der Waals surface area contributed by atoms with Gasteiger partial charge in [0.2, 0.25) is 11.8 Å². The number of benzene rings is 1. The average molecular weight is 506 g/mol. The van der Waals surface area contributed by atoms with Gasteiger partial charge < -0.3 is 20.3 Å². The Balaban J connectivity index is 2.43. The molecule has 1 aromatic carbocycles. The van der Waals surface area contributed by atoms with Gasteiger partial charge in [0.1, 0.15) is 17.7 Å². The molecule has 2 unspecified atom stereocenters. The second-order valence-electron chi connectivity index (χ2n) is 10.8. The van der Waals surface area contributed by atoms with Crippen LogP contribution < -0.4 is 10.6 Å². The summed E-state index contributed by atoms with van der Waals surface area (Å²) in [6, 6.07) is 3.99. The van der Waals surface area contributed by atoms with Gasteiger partial charge in [-0.15, -0.1) is 0 Å². The SMILES string of the molecule is Cc1ccc(C)c(C(C(=O)NC2CCCCC2)N(C(=O)C(CS)NC(=O)OC(C)(C)C)C(C)C)c1. The monoisotopic (exact) mass is 505 g/mol. The van der Waals surface area contributed by atoms with Gasteiger partial charge in [-0.3, -0.25) is 9.59 Å². The van der Waals surface area contributed by atoms with Gasteiger partial charge in [0, 0.05) is 17.8 Å². The molecule has 1 fully saturated rings. The quantitative estimate of drug-likeness (QED) is 0.441. The number of rotatable bonds is 8. The topological polar surface area (TPSA) is 87.7 Å². The van der Waals surface area contributed by atoms with Gasteiger partial charge in [-0.25, -0.2) is 4.79 Å². The smallest absolute Gasteiger partial charge is 0.408 e. The molecule has 0 aliphatic heterocycles. The number of ether oxygens (including phenoxy) is 1. The van der Waals surface area contributed by atoms with E-state index in [1.807, 2.05) is 45.9 Å². The zero-order chi connectivity index (χ0) is 26.3. The molecule has 2 N–H and O–H groups in total. The number of hydrogen-bond donors (Lipinski definition) is 3. The molecule has 35 heavy (non-hydrogen) atoms. The van der Waals surface area contributed by atoms with Crippen LogP contribution in [0.15, 0.2) is 18.2 Å². The summed E-state index contributed by atoms with van der Waals surface area (Å²) in [6.45, 7) is 13.0. The van der Waals surface area contributed by atoms with Crippen LogP contribution >= 0.6 is 12.6 Å². The van der Waals surface area contributed by atoms with Crippen LogP contribution in [-0.2, 0) is 14.3 Å². The molecule has 1 aromatic rings. The van der Waals surface area contributed by atoms with E-state index in [-0.39, 0.29) is 29.7 Å². The summed E-state index contributed by atoms with van der Waals surface area (Å²) >= 11 is 4.34. The number of nitrogens with zero attached hydrogens (tertiary/aromatic N) is 1. The third kappa shape index (κ3) is 8.44. The molecule has 2 rings (SSSR count). The summed E-state index contributed by atoms with van der Waals surface area (Å²) in [5, 5.41) is 5.87. The first-order valence-corrected chi connectivity index (χ1v) is 13.3. The van der Waals surface area contributed by atoms with Crippen molar-refractivity contribution in [3.05, 3.63) is 34.9 Å². The number of hydrogen-bond acceptors (Lipinski definition) is 5. The van der Waals surface area contributed by atoms with Crippen molar-refractivity contribution in [1.82, 2.24) is 15.5 Å². The van der Waals surface area contributed by atoms with Gasteiger partial charge in [-0.1, -0.05) is 43.0 Å². The van der Waals surface area contributed by atoms with Crippen molar-refractivity contribution in [2.24, 2.45) is 0 Å². The van der Waals surface area contributed by atoms with Crippen LogP contribution in [0.1, 0.15) is 89.5 Å². The van der Waals surface area contributed by atoms with Crippen LogP contribution in [0.4, 0.5) is 4.79 Å². The van der Waals surface area contributed by atoms with Gasteiger partial charge in [-0.2, -0.15) is 12.6 Å². The van der Waals surface area contributed by atoms with Gasteiger partial charge in [0.15, 0.2) is 0 Å². The Labute approximate surface area is 216 Å². The van der Waals surface area contributed by atoms with E-state index in [4.69, 9.17) is 4.74 Å². The maximum Gasteiger partial charge on any atom is 0.408 e. The van der Waals surface area contributed by atoms with Gasteiger partial charge in [0.25, 0.3) is 0 Å². The number of aryl methyl sites for hydroxylation is 2. The molecule has 0 heterocycles. The van der Waals surface area contributed by atoms with Crippen molar-refractivity contribution in [1.29, 1.82) is 0 Å². The summed E-state index contributed by atoms with van der Waals surface area (Å²) in [5.74, 6) is -0.487. The Morgan fingerprint density at radius 1 is 1.11 bits per heavy atom. The molecule has 3 amide bonds.